The van der Waals surface area contributed by atoms with Gasteiger partial charge in [-0.15, -0.1) is 0 Å². The third-order valence-corrected chi connectivity index (χ3v) is 7.76. The van der Waals surface area contributed by atoms with Crippen LogP contribution in [-0.4, -0.2) is 62.5 Å². The van der Waals surface area contributed by atoms with E-state index in [1.54, 1.807) is 4.90 Å². The molecule has 9 heteroatoms. The summed E-state index contributed by atoms with van der Waals surface area (Å²) < 4.78 is 38.1. The SMILES string of the molecule is CC1CN(S(=O)(=O)c2ccc(C(=O)OCC(=O)N3c4ccccc4CC3C)cc2)CC(C)O1. The summed E-state index contributed by atoms with van der Waals surface area (Å²) in [5.74, 6) is -0.975. The lowest BCUT2D eigenvalue weighted by Crippen LogP contribution is -2.48. The van der Waals surface area contributed by atoms with Crippen molar-refractivity contribution in [2.75, 3.05) is 24.6 Å². The molecule has 0 radical (unpaired) electrons. The number of carbonyl (C=O) groups is 2. The van der Waals surface area contributed by atoms with Crippen LogP contribution in [-0.2, 0) is 30.7 Å². The summed E-state index contributed by atoms with van der Waals surface area (Å²) >= 11 is 0. The number of fused-ring (bicyclic) bond motifs is 1. The number of para-hydroxylation sites is 1. The Balaban J connectivity index is 1.39. The van der Waals surface area contributed by atoms with Crippen molar-refractivity contribution in [2.24, 2.45) is 0 Å². The fraction of sp³-hybridized carbons (Fsp3) is 0.417. The lowest BCUT2D eigenvalue weighted by atomic mass is 10.1. The molecule has 33 heavy (non-hydrogen) atoms. The van der Waals surface area contributed by atoms with Gasteiger partial charge in [0.05, 0.1) is 22.7 Å². The van der Waals surface area contributed by atoms with Crippen molar-refractivity contribution in [1.82, 2.24) is 4.31 Å². The summed E-state index contributed by atoms with van der Waals surface area (Å²) in [6, 6.07) is 13.2. The minimum atomic E-state index is -3.70. The molecule has 0 saturated carbocycles. The van der Waals surface area contributed by atoms with Crippen molar-refractivity contribution in [3.8, 4) is 0 Å². The highest BCUT2D eigenvalue weighted by molar-refractivity contribution is 7.89. The van der Waals surface area contributed by atoms with E-state index in [0.717, 1.165) is 17.7 Å². The first kappa shape index (κ1) is 23.4. The lowest BCUT2D eigenvalue weighted by molar-refractivity contribution is -0.122. The largest absolute Gasteiger partial charge is 0.452 e. The van der Waals surface area contributed by atoms with Crippen LogP contribution in [0.2, 0.25) is 0 Å². The van der Waals surface area contributed by atoms with Gasteiger partial charge in [0.1, 0.15) is 0 Å². The number of rotatable bonds is 5. The Labute approximate surface area is 194 Å². The first-order chi connectivity index (χ1) is 15.7. The van der Waals surface area contributed by atoms with Gasteiger partial charge in [0, 0.05) is 24.8 Å². The Morgan fingerprint density at radius 3 is 2.30 bits per heavy atom. The lowest BCUT2D eigenvalue weighted by Gasteiger charge is -2.34. The molecule has 8 nitrogen and oxygen atoms in total. The fourth-order valence-electron chi connectivity index (χ4n) is 4.46. The van der Waals surface area contributed by atoms with E-state index in [0.29, 0.717) is 0 Å². The number of hydrogen-bond acceptors (Lipinski definition) is 6. The van der Waals surface area contributed by atoms with Crippen molar-refractivity contribution in [3.63, 3.8) is 0 Å². The second-order valence-corrected chi connectivity index (χ2v) is 10.6. The average Bonchev–Trinajstić information content (AvgIpc) is 3.12. The van der Waals surface area contributed by atoms with E-state index >= 15 is 0 Å². The molecule has 4 rings (SSSR count). The standard InChI is InChI=1S/C24H28N2O6S/c1-16-12-20-6-4-5-7-22(20)26(16)23(27)15-31-24(28)19-8-10-21(11-9-19)33(29,30)25-13-17(2)32-18(3)14-25/h4-11,16-18H,12-15H2,1-3H3. The maximum atomic E-state index is 13.0. The van der Waals surface area contributed by atoms with Gasteiger partial charge >= 0.3 is 5.97 Å². The highest BCUT2D eigenvalue weighted by Gasteiger charge is 2.33. The predicted molar refractivity (Wildman–Crippen MR) is 123 cm³/mol. The number of anilines is 1. The van der Waals surface area contributed by atoms with Gasteiger partial charge in [0.25, 0.3) is 5.91 Å². The van der Waals surface area contributed by atoms with Crippen LogP contribution < -0.4 is 4.90 Å². The molecule has 2 aliphatic heterocycles. The van der Waals surface area contributed by atoms with Gasteiger partial charge in [-0.2, -0.15) is 4.31 Å². The van der Waals surface area contributed by atoms with Crippen LogP contribution in [0.3, 0.4) is 0 Å². The summed E-state index contributed by atoms with van der Waals surface area (Å²) in [5, 5.41) is 0. The summed E-state index contributed by atoms with van der Waals surface area (Å²) in [6.07, 6.45) is 0.369. The van der Waals surface area contributed by atoms with Gasteiger partial charge in [-0.05, 0) is 63.1 Å². The van der Waals surface area contributed by atoms with Gasteiger partial charge in [0.2, 0.25) is 10.0 Å². The van der Waals surface area contributed by atoms with E-state index in [-0.39, 0.29) is 54.3 Å². The molecule has 2 aromatic rings. The Kier molecular flexibility index (Phi) is 6.56. The summed E-state index contributed by atoms with van der Waals surface area (Å²) in [7, 11) is -3.70. The van der Waals surface area contributed by atoms with Gasteiger partial charge < -0.3 is 14.4 Å². The minimum Gasteiger partial charge on any atom is -0.452 e. The number of benzene rings is 2. The molecule has 2 aliphatic rings. The third-order valence-electron chi connectivity index (χ3n) is 5.92. The number of esters is 1. The topological polar surface area (TPSA) is 93.2 Å². The van der Waals surface area contributed by atoms with Crippen molar-refractivity contribution in [1.29, 1.82) is 0 Å². The fourth-order valence-corrected chi connectivity index (χ4v) is 6.06. The van der Waals surface area contributed by atoms with Crippen LogP contribution in [0.25, 0.3) is 0 Å². The summed E-state index contributed by atoms with van der Waals surface area (Å²) in [5.41, 5.74) is 2.11. The van der Waals surface area contributed by atoms with Gasteiger partial charge in [-0.25, -0.2) is 13.2 Å². The van der Waals surface area contributed by atoms with Crippen LogP contribution in [0.4, 0.5) is 5.69 Å². The molecular weight excluding hydrogens is 444 g/mol. The minimum absolute atomic E-state index is 0.0104. The molecule has 0 bridgehead atoms. The maximum absolute atomic E-state index is 13.0. The Hall–Kier alpha value is -2.75. The van der Waals surface area contributed by atoms with E-state index in [1.807, 2.05) is 45.0 Å². The second-order valence-electron chi connectivity index (χ2n) is 8.63. The Bertz CT molecular complexity index is 1140. The molecule has 0 spiro atoms. The molecule has 1 amide bonds. The van der Waals surface area contributed by atoms with E-state index in [4.69, 9.17) is 9.47 Å². The van der Waals surface area contributed by atoms with Crippen molar-refractivity contribution >= 4 is 27.6 Å². The first-order valence-electron chi connectivity index (χ1n) is 11.0. The van der Waals surface area contributed by atoms with E-state index < -0.39 is 16.0 Å². The molecule has 3 unspecified atom stereocenters. The summed E-state index contributed by atoms with van der Waals surface area (Å²) in [6.45, 7) is 5.78. The summed E-state index contributed by atoms with van der Waals surface area (Å²) in [4.78, 5) is 26.9. The molecule has 0 aromatic heterocycles. The Morgan fingerprint density at radius 1 is 1.00 bits per heavy atom. The number of hydrogen-bond donors (Lipinski definition) is 0. The number of morpholine rings is 1. The van der Waals surface area contributed by atoms with Crippen LogP contribution in [0.1, 0.15) is 36.7 Å². The molecule has 0 N–H and O–H groups in total. The Morgan fingerprint density at radius 2 is 1.64 bits per heavy atom. The van der Waals surface area contributed by atoms with Gasteiger partial charge in [-0.1, -0.05) is 18.2 Å². The van der Waals surface area contributed by atoms with Crippen LogP contribution in [0.15, 0.2) is 53.4 Å². The monoisotopic (exact) mass is 472 g/mol. The van der Waals surface area contributed by atoms with Crippen molar-refractivity contribution < 1.29 is 27.5 Å². The third kappa shape index (κ3) is 4.80. The second kappa shape index (κ2) is 9.24. The van der Waals surface area contributed by atoms with Gasteiger partial charge in [0.15, 0.2) is 6.61 Å². The molecule has 2 heterocycles. The number of nitrogens with zero attached hydrogens (tertiary/aromatic N) is 2. The normalized spacial score (nSPS) is 23.2. The molecule has 2 aromatic carbocycles. The van der Waals surface area contributed by atoms with E-state index in [2.05, 4.69) is 0 Å². The van der Waals surface area contributed by atoms with Gasteiger partial charge in [-0.3, -0.25) is 4.79 Å². The average molecular weight is 473 g/mol. The maximum Gasteiger partial charge on any atom is 0.338 e. The highest BCUT2D eigenvalue weighted by Crippen LogP contribution is 2.31. The van der Waals surface area contributed by atoms with Crippen molar-refractivity contribution in [3.05, 3.63) is 59.7 Å². The molecule has 3 atom stereocenters. The molecular formula is C24H28N2O6S. The number of ether oxygens (including phenoxy) is 2. The zero-order valence-electron chi connectivity index (χ0n) is 18.9. The van der Waals surface area contributed by atoms with E-state index in [1.165, 1.54) is 28.6 Å². The van der Waals surface area contributed by atoms with Crippen LogP contribution in [0, 0.1) is 0 Å². The number of carbonyl (C=O) groups excluding carboxylic acids is 2. The predicted octanol–water partition coefficient (Wildman–Crippen LogP) is 2.62. The molecule has 176 valence electrons. The molecule has 1 fully saturated rings. The molecule has 1 saturated heterocycles. The number of amides is 1. The highest BCUT2D eigenvalue weighted by atomic mass is 32.2. The quantitative estimate of drug-likeness (QED) is 0.621. The zero-order chi connectivity index (χ0) is 23.8. The van der Waals surface area contributed by atoms with Crippen molar-refractivity contribution in [2.45, 2.75) is 50.3 Å². The smallest absolute Gasteiger partial charge is 0.338 e. The van der Waals surface area contributed by atoms with Crippen LogP contribution >= 0.6 is 0 Å². The zero-order valence-corrected chi connectivity index (χ0v) is 19.7. The van der Waals surface area contributed by atoms with E-state index in [9.17, 15) is 18.0 Å². The first-order valence-corrected chi connectivity index (χ1v) is 12.4. The molecule has 0 aliphatic carbocycles. The van der Waals surface area contributed by atoms with Crippen LogP contribution in [0.5, 0.6) is 0 Å². The number of sulfonamides is 1.